The van der Waals surface area contributed by atoms with Crippen molar-refractivity contribution >= 4 is 33.3 Å². The van der Waals surface area contributed by atoms with Gasteiger partial charge in [-0.05, 0) is 31.4 Å². The van der Waals surface area contributed by atoms with Crippen LogP contribution in [-0.4, -0.2) is 22.0 Å². The molecule has 0 bridgehead atoms. The highest BCUT2D eigenvalue weighted by molar-refractivity contribution is 9.10. The van der Waals surface area contributed by atoms with Gasteiger partial charge in [-0.1, -0.05) is 15.9 Å². The summed E-state index contributed by atoms with van der Waals surface area (Å²) in [5, 5.41) is 23.0. The molecule has 1 aromatic rings. The number of nitrogens with one attached hydrogen (secondary N) is 1. The first-order chi connectivity index (χ1) is 8.97. The number of aliphatic carboxylic acids is 1. The summed E-state index contributed by atoms with van der Waals surface area (Å²) in [6.45, 7) is 0. The van der Waals surface area contributed by atoms with Gasteiger partial charge in [0.1, 0.15) is 5.69 Å². The van der Waals surface area contributed by atoms with Gasteiger partial charge in [0.25, 0.3) is 5.69 Å². The molecule has 0 radical (unpaired) electrons. The van der Waals surface area contributed by atoms with Gasteiger partial charge < -0.3 is 10.4 Å². The summed E-state index contributed by atoms with van der Waals surface area (Å²) in [5.74, 6) is -1.15. The maximum Gasteiger partial charge on any atom is 0.306 e. The number of nitro benzene ring substituents is 1. The van der Waals surface area contributed by atoms with E-state index in [-0.39, 0.29) is 17.6 Å². The summed E-state index contributed by atoms with van der Waals surface area (Å²) in [6, 6.07) is 4.77. The van der Waals surface area contributed by atoms with Crippen LogP contribution in [0.15, 0.2) is 22.7 Å². The summed E-state index contributed by atoms with van der Waals surface area (Å²) in [4.78, 5) is 21.4. The van der Waals surface area contributed by atoms with E-state index in [4.69, 9.17) is 5.11 Å². The molecule has 2 rings (SSSR count). The van der Waals surface area contributed by atoms with Gasteiger partial charge in [0.05, 0.1) is 10.8 Å². The molecule has 0 heterocycles. The van der Waals surface area contributed by atoms with Crippen LogP contribution in [0.25, 0.3) is 0 Å². The minimum absolute atomic E-state index is 0.00634. The number of carboxylic acids is 1. The Labute approximate surface area is 118 Å². The summed E-state index contributed by atoms with van der Waals surface area (Å²) in [7, 11) is 0. The maximum absolute atomic E-state index is 11.0. The van der Waals surface area contributed by atoms with Crippen LogP contribution >= 0.6 is 15.9 Å². The first-order valence-corrected chi connectivity index (χ1v) is 6.70. The molecule has 0 unspecified atom stereocenters. The van der Waals surface area contributed by atoms with Crippen LogP contribution in [0.3, 0.4) is 0 Å². The average Bonchev–Trinajstić information content (AvgIpc) is 2.80. The van der Waals surface area contributed by atoms with E-state index in [0.717, 1.165) is 0 Å². The van der Waals surface area contributed by atoms with Crippen LogP contribution in [0, 0.1) is 16.0 Å². The molecule has 1 saturated carbocycles. The Morgan fingerprint density at radius 1 is 1.47 bits per heavy atom. The Hall–Kier alpha value is -1.63. The molecule has 7 heteroatoms. The fourth-order valence-electron chi connectivity index (χ4n) is 2.33. The van der Waals surface area contributed by atoms with Crippen molar-refractivity contribution in [2.45, 2.75) is 25.3 Å². The Morgan fingerprint density at radius 3 is 2.79 bits per heavy atom. The molecule has 1 fully saturated rings. The lowest BCUT2D eigenvalue weighted by molar-refractivity contribution is -0.384. The molecule has 1 aromatic carbocycles. The van der Waals surface area contributed by atoms with E-state index in [1.165, 1.54) is 6.07 Å². The van der Waals surface area contributed by atoms with Crippen LogP contribution in [-0.2, 0) is 4.79 Å². The van der Waals surface area contributed by atoms with E-state index in [1.54, 1.807) is 12.1 Å². The number of nitrogens with zero attached hydrogens (tertiary/aromatic N) is 1. The molecule has 2 N–H and O–H groups in total. The molecule has 1 aliphatic rings. The van der Waals surface area contributed by atoms with Gasteiger partial charge >= 0.3 is 5.97 Å². The summed E-state index contributed by atoms with van der Waals surface area (Å²) >= 11 is 3.20. The summed E-state index contributed by atoms with van der Waals surface area (Å²) < 4.78 is 0.639. The lowest BCUT2D eigenvalue weighted by atomic mass is 10.1. The van der Waals surface area contributed by atoms with Gasteiger partial charge in [-0.2, -0.15) is 0 Å². The highest BCUT2D eigenvalue weighted by Crippen LogP contribution is 2.33. The number of anilines is 1. The van der Waals surface area contributed by atoms with Crippen LogP contribution in [0.4, 0.5) is 11.4 Å². The first-order valence-electron chi connectivity index (χ1n) is 5.90. The SMILES string of the molecule is O=C(O)[C@@H]1CC[C@H](Nc2ccc(Br)cc2[N+](=O)[O-])C1. The Kier molecular flexibility index (Phi) is 4.04. The van der Waals surface area contributed by atoms with Crippen molar-refractivity contribution < 1.29 is 14.8 Å². The first kappa shape index (κ1) is 13.8. The fourth-order valence-corrected chi connectivity index (χ4v) is 2.68. The number of benzene rings is 1. The number of halogens is 1. The van der Waals surface area contributed by atoms with Crippen molar-refractivity contribution in [3.63, 3.8) is 0 Å². The molecule has 0 amide bonds. The smallest absolute Gasteiger partial charge is 0.306 e. The van der Waals surface area contributed by atoms with Crippen molar-refractivity contribution in [3.8, 4) is 0 Å². The van der Waals surface area contributed by atoms with Crippen LogP contribution in [0.5, 0.6) is 0 Å². The van der Waals surface area contributed by atoms with Gasteiger partial charge in [0.2, 0.25) is 0 Å². The second-order valence-corrected chi connectivity index (χ2v) is 5.52. The van der Waals surface area contributed by atoms with Gasteiger partial charge in [-0.15, -0.1) is 0 Å². The highest BCUT2D eigenvalue weighted by atomic mass is 79.9. The van der Waals surface area contributed by atoms with E-state index in [9.17, 15) is 14.9 Å². The normalized spacial score (nSPS) is 22.2. The van der Waals surface area contributed by atoms with Gasteiger partial charge in [0, 0.05) is 16.6 Å². The maximum atomic E-state index is 11.0. The number of carboxylic acid groups (broad SMARTS) is 1. The minimum atomic E-state index is -0.797. The fraction of sp³-hybridized carbons (Fsp3) is 0.417. The second kappa shape index (κ2) is 5.56. The highest BCUT2D eigenvalue weighted by Gasteiger charge is 2.30. The zero-order chi connectivity index (χ0) is 14.0. The quantitative estimate of drug-likeness (QED) is 0.654. The van der Waals surface area contributed by atoms with E-state index in [1.807, 2.05) is 0 Å². The zero-order valence-electron chi connectivity index (χ0n) is 10.0. The third kappa shape index (κ3) is 3.23. The van der Waals surface area contributed by atoms with Crippen molar-refractivity contribution in [1.29, 1.82) is 0 Å². The monoisotopic (exact) mass is 328 g/mol. The molecule has 0 aliphatic heterocycles. The van der Waals surface area contributed by atoms with Crippen molar-refractivity contribution in [1.82, 2.24) is 0 Å². The topological polar surface area (TPSA) is 92.5 Å². The molecule has 2 atom stereocenters. The minimum Gasteiger partial charge on any atom is -0.481 e. The lowest BCUT2D eigenvalue weighted by Gasteiger charge is -2.14. The van der Waals surface area contributed by atoms with Crippen molar-refractivity contribution in [3.05, 3.63) is 32.8 Å². The number of hydrogen-bond donors (Lipinski definition) is 2. The lowest BCUT2D eigenvalue weighted by Crippen LogP contribution is -2.18. The third-order valence-electron chi connectivity index (χ3n) is 3.30. The average molecular weight is 329 g/mol. The number of carbonyl (C=O) groups is 1. The predicted octanol–water partition coefficient (Wildman–Crippen LogP) is 3.02. The van der Waals surface area contributed by atoms with E-state index >= 15 is 0 Å². The number of nitro groups is 1. The van der Waals surface area contributed by atoms with E-state index < -0.39 is 10.9 Å². The zero-order valence-corrected chi connectivity index (χ0v) is 11.6. The second-order valence-electron chi connectivity index (χ2n) is 4.61. The molecule has 102 valence electrons. The van der Waals surface area contributed by atoms with Crippen LogP contribution in [0.2, 0.25) is 0 Å². The van der Waals surface area contributed by atoms with E-state index in [2.05, 4.69) is 21.2 Å². The van der Waals surface area contributed by atoms with E-state index in [0.29, 0.717) is 29.4 Å². The molecular weight excluding hydrogens is 316 g/mol. The Morgan fingerprint density at radius 2 is 2.21 bits per heavy atom. The summed E-state index contributed by atoms with van der Waals surface area (Å²) in [6.07, 6.45) is 1.82. The molecule has 0 aromatic heterocycles. The van der Waals surface area contributed by atoms with Gasteiger partial charge in [-0.3, -0.25) is 14.9 Å². The van der Waals surface area contributed by atoms with Crippen molar-refractivity contribution in [2.75, 3.05) is 5.32 Å². The van der Waals surface area contributed by atoms with Crippen LogP contribution < -0.4 is 5.32 Å². The van der Waals surface area contributed by atoms with Gasteiger partial charge in [-0.25, -0.2) is 0 Å². The molecular formula is C12H13BrN2O4. The molecule has 0 saturated heterocycles. The molecule has 19 heavy (non-hydrogen) atoms. The Bertz CT molecular complexity index is 520. The van der Waals surface area contributed by atoms with Gasteiger partial charge in [0.15, 0.2) is 0 Å². The molecule has 1 aliphatic carbocycles. The standard InChI is InChI=1S/C12H13BrN2O4/c13-8-2-4-10(11(6-8)15(18)19)14-9-3-1-7(5-9)12(16)17/h2,4,6-7,9,14H,1,3,5H2,(H,16,17)/t7-,9+/m1/s1. The largest absolute Gasteiger partial charge is 0.481 e. The van der Waals surface area contributed by atoms with Crippen LogP contribution in [0.1, 0.15) is 19.3 Å². The predicted molar refractivity (Wildman–Crippen MR) is 73.2 cm³/mol. The third-order valence-corrected chi connectivity index (χ3v) is 3.79. The molecule has 6 nitrogen and oxygen atoms in total. The molecule has 0 spiro atoms. The summed E-state index contributed by atoms with van der Waals surface area (Å²) in [5.41, 5.74) is 0.428. The van der Waals surface area contributed by atoms with Crippen molar-refractivity contribution in [2.24, 2.45) is 5.92 Å². The number of rotatable bonds is 4. The number of hydrogen-bond acceptors (Lipinski definition) is 4. The Balaban J connectivity index is 2.12.